The quantitative estimate of drug-likeness (QED) is 0.794. The molecule has 104 valence electrons. The molecule has 0 spiro atoms. The van der Waals surface area contributed by atoms with E-state index in [9.17, 15) is 4.79 Å². The lowest BCUT2D eigenvalue weighted by atomic mass is 9.94. The molecule has 0 saturated heterocycles. The van der Waals surface area contributed by atoms with Gasteiger partial charge in [0.05, 0.1) is 5.56 Å². The number of nitrogens with one attached hydrogen (secondary N) is 1. The highest BCUT2D eigenvalue weighted by Crippen LogP contribution is 2.27. The van der Waals surface area contributed by atoms with Crippen LogP contribution in [0.4, 0.5) is 0 Å². The van der Waals surface area contributed by atoms with Gasteiger partial charge >= 0.3 is 0 Å². The molecule has 0 aromatic heterocycles. The Morgan fingerprint density at radius 2 is 2.05 bits per heavy atom. The molecule has 2 rings (SSSR count). The first-order chi connectivity index (χ1) is 9.10. The number of amides is 1. The fourth-order valence-electron chi connectivity index (χ4n) is 2.40. The summed E-state index contributed by atoms with van der Waals surface area (Å²) in [6, 6.07) is 5.85. The van der Waals surface area contributed by atoms with Gasteiger partial charge in [-0.2, -0.15) is 11.8 Å². The Balaban J connectivity index is 1.94. The van der Waals surface area contributed by atoms with E-state index < -0.39 is 0 Å². The largest absolute Gasteiger partial charge is 0.349 e. The number of carbonyl (C=O) groups excluding carboxylic acids is 1. The van der Waals surface area contributed by atoms with E-state index in [1.165, 1.54) is 12.8 Å². The normalized spacial score (nSPS) is 23.1. The lowest BCUT2D eigenvalue weighted by molar-refractivity contribution is 0.0925. The van der Waals surface area contributed by atoms with Gasteiger partial charge in [-0.05, 0) is 50.1 Å². The average Bonchev–Trinajstić information content (AvgIpc) is 2.39. The van der Waals surface area contributed by atoms with Crippen molar-refractivity contribution in [3.8, 4) is 0 Å². The Labute approximate surface area is 132 Å². The first kappa shape index (κ1) is 15.3. The summed E-state index contributed by atoms with van der Waals surface area (Å²) in [4.78, 5) is 12.9. The molecule has 2 nitrogen and oxygen atoms in total. The summed E-state index contributed by atoms with van der Waals surface area (Å²) >= 11 is 9.67. The lowest BCUT2D eigenvalue weighted by Crippen LogP contribution is -2.38. The standard InChI is InChI=1S/C14H18BrNOS2/c1-19-11-5-3-10(4-6-11)16-14(17)12-7-2-9(15)8-13(12)18/h2,7-8,10-11,18H,3-6H2,1H3,(H,16,17). The molecule has 0 heterocycles. The molecule has 5 heteroatoms. The Kier molecular flexibility index (Phi) is 5.66. The molecule has 1 aliphatic rings. The van der Waals surface area contributed by atoms with Crippen LogP contribution in [-0.2, 0) is 0 Å². The zero-order valence-corrected chi connectivity index (χ0v) is 14.2. The van der Waals surface area contributed by atoms with Gasteiger partial charge in [-0.25, -0.2) is 0 Å². The predicted octanol–water partition coefficient (Wildman–Crippen LogP) is 4.14. The summed E-state index contributed by atoms with van der Waals surface area (Å²) in [5.41, 5.74) is 0.651. The van der Waals surface area contributed by atoms with E-state index in [4.69, 9.17) is 0 Å². The maximum absolute atomic E-state index is 12.2. The third kappa shape index (κ3) is 4.17. The summed E-state index contributed by atoms with van der Waals surface area (Å²) in [6.45, 7) is 0. The van der Waals surface area contributed by atoms with Gasteiger partial charge in [0.15, 0.2) is 0 Å². The van der Waals surface area contributed by atoms with Gasteiger partial charge in [-0.1, -0.05) is 15.9 Å². The lowest BCUT2D eigenvalue weighted by Gasteiger charge is -2.28. The van der Waals surface area contributed by atoms with Gasteiger partial charge in [0.1, 0.15) is 0 Å². The molecule has 1 aromatic carbocycles. The Morgan fingerprint density at radius 3 is 2.63 bits per heavy atom. The highest BCUT2D eigenvalue weighted by molar-refractivity contribution is 9.10. The molecule has 0 unspecified atom stereocenters. The van der Waals surface area contributed by atoms with Crippen LogP contribution in [-0.4, -0.2) is 23.5 Å². The van der Waals surface area contributed by atoms with Crippen molar-refractivity contribution in [2.45, 2.75) is 41.9 Å². The first-order valence-electron chi connectivity index (χ1n) is 6.42. The maximum atomic E-state index is 12.2. The van der Waals surface area contributed by atoms with Gasteiger partial charge in [0, 0.05) is 20.7 Å². The molecule has 1 saturated carbocycles. The number of thiol groups is 1. The molecule has 1 N–H and O–H groups in total. The highest BCUT2D eigenvalue weighted by atomic mass is 79.9. The molecule has 19 heavy (non-hydrogen) atoms. The van der Waals surface area contributed by atoms with E-state index in [1.807, 2.05) is 30.0 Å². The number of halogens is 1. The molecule has 1 fully saturated rings. The average molecular weight is 360 g/mol. The van der Waals surface area contributed by atoms with Crippen LogP contribution < -0.4 is 5.32 Å². The van der Waals surface area contributed by atoms with E-state index in [1.54, 1.807) is 0 Å². The number of carbonyl (C=O) groups is 1. The molecule has 1 amide bonds. The van der Waals surface area contributed by atoms with Gasteiger partial charge in [0.2, 0.25) is 0 Å². The molecule has 0 radical (unpaired) electrons. The van der Waals surface area contributed by atoms with Gasteiger partial charge in [-0.15, -0.1) is 12.6 Å². The van der Waals surface area contributed by atoms with E-state index >= 15 is 0 Å². The van der Waals surface area contributed by atoms with Crippen molar-refractivity contribution in [3.63, 3.8) is 0 Å². The molecule has 0 atom stereocenters. The second kappa shape index (κ2) is 7.04. The number of hydrogen-bond donors (Lipinski definition) is 2. The topological polar surface area (TPSA) is 29.1 Å². The van der Waals surface area contributed by atoms with Crippen LogP contribution in [0.5, 0.6) is 0 Å². The predicted molar refractivity (Wildman–Crippen MR) is 88.4 cm³/mol. The van der Waals surface area contributed by atoms with E-state index in [2.05, 4.69) is 40.1 Å². The van der Waals surface area contributed by atoms with Crippen molar-refractivity contribution in [1.82, 2.24) is 5.32 Å². The van der Waals surface area contributed by atoms with Crippen molar-refractivity contribution in [2.75, 3.05) is 6.26 Å². The van der Waals surface area contributed by atoms with E-state index in [0.29, 0.717) is 16.5 Å². The third-order valence-corrected chi connectivity index (χ3v) is 5.55. The van der Waals surface area contributed by atoms with Crippen LogP contribution in [0.2, 0.25) is 0 Å². The number of rotatable bonds is 3. The molecule has 0 aliphatic heterocycles. The zero-order chi connectivity index (χ0) is 13.8. The summed E-state index contributed by atoms with van der Waals surface area (Å²) < 4.78 is 0.939. The van der Waals surface area contributed by atoms with Crippen molar-refractivity contribution < 1.29 is 4.79 Å². The smallest absolute Gasteiger partial charge is 0.252 e. The number of thioether (sulfide) groups is 1. The van der Waals surface area contributed by atoms with Crippen molar-refractivity contribution in [2.24, 2.45) is 0 Å². The van der Waals surface area contributed by atoms with Crippen molar-refractivity contribution >= 4 is 46.2 Å². The Bertz CT molecular complexity index is 459. The Morgan fingerprint density at radius 1 is 1.37 bits per heavy atom. The molecular formula is C14H18BrNOS2. The summed E-state index contributed by atoms with van der Waals surface area (Å²) in [6.07, 6.45) is 6.71. The van der Waals surface area contributed by atoms with E-state index in [0.717, 1.165) is 22.6 Å². The second-order valence-corrected chi connectivity index (χ2v) is 7.38. The van der Waals surface area contributed by atoms with Crippen LogP contribution in [0.3, 0.4) is 0 Å². The zero-order valence-electron chi connectivity index (χ0n) is 10.9. The molecule has 1 aromatic rings. The molecular weight excluding hydrogens is 342 g/mol. The van der Waals surface area contributed by atoms with Crippen LogP contribution in [0.25, 0.3) is 0 Å². The van der Waals surface area contributed by atoms with E-state index in [-0.39, 0.29) is 5.91 Å². The van der Waals surface area contributed by atoms with Crippen LogP contribution in [0.1, 0.15) is 36.0 Å². The summed E-state index contributed by atoms with van der Waals surface area (Å²) in [5.74, 6) is -0.00917. The third-order valence-electron chi connectivity index (χ3n) is 3.55. The van der Waals surface area contributed by atoms with Crippen LogP contribution in [0, 0.1) is 0 Å². The molecule has 1 aliphatic carbocycles. The summed E-state index contributed by atoms with van der Waals surface area (Å²) in [7, 11) is 0. The minimum absolute atomic E-state index is 0.00917. The summed E-state index contributed by atoms with van der Waals surface area (Å²) in [5, 5.41) is 3.89. The maximum Gasteiger partial charge on any atom is 0.252 e. The minimum atomic E-state index is -0.00917. The van der Waals surface area contributed by atoms with Crippen molar-refractivity contribution in [3.05, 3.63) is 28.2 Å². The highest BCUT2D eigenvalue weighted by Gasteiger charge is 2.22. The van der Waals surface area contributed by atoms with Gasteiger partial charge in [0.25, 0.3) is 5.91 Å². The second-order valence-electron chi connectivity index (χ2n) is 4.84. The fraction of sp³-hybridized carbons (Fsp3) is 0.500. The van der Waals surface area contributed by atoms with Crippen LogP contribution >= 0.6 is 40.3 Å². The first-order valence-corrected chi connectivity index (χ1v) is 8.95. The Hall–Kier alpha value is -0.130. The van der Waals surface area contributed by atoms with Crippen LogP contribution in [0.15, 0.2) is 27.6 Å². The number of benzene rings is 1. The number of hydrogen-bond acceptors (Lipinski definition) is 3. The minimum Gasteiger partial charge on any atom is -0.349 e. The molecule has 0 bridgehead atoms. The van der Waals surface area contributed by atoms with Gasteiger partial charge < -0.3 is 5.32 Å². The fourth-order valence-corrected chi connectivity index (χ4v) is 4.00. The van der Waals surface area contributed by atoms with Gasteiger partial charge in [-0.3, -0.25) is 4.79 Å². The monoisotopic (exact) mass is 359 g/mol. The van der Waals surface area contributed by atoms with Crippen molar-refractivity contribution in [1.29, 1.82) is 0 Å². The SMILES string of the molecule is CSC1CCC(NC(=O)c2ccc(Br)cc2S)CC1.